The minimum absolute atomic E-state index is 0.176. The first-order chi connectivity index (χ1) is 7.83. The first-order valence-corrected chi connectivity index (χ1v) is 4.92. The highest BCUT2D eigenvalue weighted by Crippen LogP contribution is 2.12. The van der Waals surface area contributed by atoms with Gasteiger partial charge in [-0.1, -0.05) is 6.07 Å². The number of amides is 1. The Hall–Kier alpha value is -2.08. The lowest BCUT2D eigenvalue weighted by molar-refractivity contribution is -0.155. The van der Waals surface area contributed by atoms with E-state index in [4.69, 9.17) is 10.8 Å². The van der Waals surface area contributed by atoms with Crippen molar-refractivity contribution in [3.8, 4) is 0 Å². The van der Waals surface area contributed by atoms with Gasteiger partial charge in [-0.2, -0.15) is 0 Å². The van der Waals surface area contributed by atoms with E-state index in [0.29, 0.717) is 11.3 Å². The van der Waals surface area contributed by atoms with Crippen LogP contribution < -0.4 is 11.1 Å². The highest BCUT2D eigenvalue weighted by Gasteiger charge is 2.29. The molecule has 92 valence electrons. The molecular formula is C11H14N2O4. The number of rotatable bonds is 5. The number of primary amides is 1. The van der Waals surface area contributed by atoms with Crippen LogP contribution in [-0.4, -0.2) is 34.2 Å². The Morgan fingerprint density at radius 2 is 2.12 bits per heavy atom. The molecule has 5 N–H and O–H groups in total. The molecule has 0 spiro atoms. The zero-order valence-corrected chi connectivity index (χ0v) is 9.30. The van der Waals surface area contributed by atoms with Gasteiger partial charge in [0.25, 0.3) is 0 Å². The predicted molar refractivity (Wildman–Crippen MR) is 61.7 cm³/mol. The lowest BCUT2D eigenvalue weighted by atomic mass is 10.1. The molecule has 0 radical (unpaired) electrons. The second kappa shape index (κ2) is 4.84. The molecule has 1 aromatic carbocycles. The summed E-state index contributed by atoms with van der Waals surface area (Å²) in [6.07, 6.45) is 0. The van der Waals surface area contributed by atoms with Crippen LogP contribution >= 0.6 is 0 Å². The van der Waals surface area contributed by atoms with Gasteiger partial charge >= 0.3 is 5.97 Å². The molecule has 17 heavy (non-hydrogen) atoms. The summed E-state index contributed by atoms with van der Waals surface area (Å²) in [5.41, 5.74) is 4.06. The zero-order valence-electron chi connectivity index (χ0n) is 9.30. The Labute approximate surface area is 98.1 Å². The second-order valence-electron chi connectivity index (χ2n) is 3.88. The van der Waals surface area contributed by atoms with Crippen molar-refractivity contribution in [1.82, 2.24) is 0 Å². The number of nitrogens with one attached hydrogen (secondary N) is 1. The minimum Gasteiger partial charge on any atom is -0.479 e. The van der Waals surface area contributed by atoms with E-state index in [1.54, 1.807) is 18.2 Å². The van der Waals surface area contributed by atoms with E-state index in [-0.39, 0.29) is 6.54 Å². The summed E-state index contributed by atoms with van der Waals surface area (Å²) in [6.45, 7) is 1.00. The van der Waals surface area contributed by atoms with Crippen molar-refractivity contribution >= 4 is 17.6 Å². The van der Waals surface area contributed by atoms with E-state index in [2.05, 4.69) is 5.32 Å². The van der Waals surface area contributed by atoms with E-state index in [0.717, 1.165) is 0 Å². The fourth-order valence-corrected chi connectivity index (χ4v) is 1.13. The average Bonchev–Trinajstić information content (AvgIpc) is 2.26. The Morgan fingerprint density at radius 3 is 2.65 bits per heavy atom. The molecule has 0 saturated carbocycles. The molecule has 6 nitrogen and oxygen atoms in total. The topological polar surface area (TPSA) is 113 Å². The van der Waals surface area contributed by atoms with Crippen LogP contribution in [-0.2, 0) is 4.79 Å². The van der Waals surface area contributed by atoms with Crippen LogP contribution in [0.15, 0.2) is 24.3 Å². The van der Waals surface area contributed by atoms with Gasteiger partial charge in [0.1, 0.15) is 0 Å². The predicted octanol–water partition coefficient (Wildman–Crippen LogP) is 0.0330. The van der Waals surface area contributed by atoms with Gasteiger partial charge in [-0.15, -0.1) is 0 Å². The van der Waals surface area contributed by atoms with Crippen LogP contribution in [0.2, 0.25) is 0 Å². The molecule has 0 bridgehead atoms. The van der Waals surface area contributed by atoms with Crippen LogP contribution in [0.25, 0.3) is 0 Å². The first-order valence-electron chi connectivity index (χ1n) is 4.92. The van der Waals surface area contributed by atoms with Crippen LogP contribution in [0, 0.1) is 0 Å². The number of benzene rings is 1. The lowest BCUT2D eigenvalue weighted by Crippen LogP contribution is -2.41. The van der Waals surface area contributed by atoms with Crippen molar-refractivity contribution in [2.45, 2.75) is 12.5 Å². The van der Waals surface area contributed by atoms with Crippen molar-refractivity contribution in [3.05, 3.63) is 29.8 Å². The van der Waals surface area contributed by atoms with Gasteiger partial charge in [-0.05, 0) is 25.1 Å². The minimum atomic E-state index is -1.87. The molecular weight excluding hydrogens is 224 g/mol. The number of hydrogen-bond donors (Lipinski definition) is 4. The van der Waals surface area contributed by atoms with E-state index < -0.39 is 17.5 Å². The van der Waals surface area contributed by atoms with Crippen LogP contribution in [0.5, 0.6) is 0 Å². The maximum Gasteiger partial charge on any atom is 0.337 e. The fraction of sp³-hybridized carbons (Fsp3) is 0.273. The largest absolute Gasteiger partial charge is 0.479 e. The highest BCUT2D eigenvalue weighted by molar-refractivity contribution is 5.93. The van der Waals surface area contributed by atoms with Crippen molar-refractivity contribution in [2.75, 3.05) is 11.9 Å². The molecule has 6 heteroatoms. The Bertz CT molecular complexity index is 443. The first kappa shape index (κ1) is 13.0. The molecule has 0 fully saturated rings. The number of carboxylic acids is 1. The van der Waals surface area contributed by atoms with Gasteiger partial charge in [0.05, 0.1) is 6.54 Å². The van der Waals surface area contributed by atoms with E-state index in [1.165, 1.54) is 13.0 Å². The molecule has 1 unspecified atom stereocenters. The third-order valence-electron chi connectivity index (χ3n) is 2.24. The van der Waals surface area contributed by atoms with Gasteiger partial charge in [0.15, 0.2) is 5.60 Å². The molecule has 1 aromatic rings. The maximum atomic E-state index is 10.9. The van der Waals surface area contributed by atoms with Gasteiger partial charge in [-0.3, -0.25) is 4.79 Å². The molecule has 1 rings (SSSR count). The van der Waals surface area contributed by atoms with Crippen molar-refractivity contribution < 1.29 is 19.8 Å². The van der Waals surface area contributed by atoms with E-state index >= 15 is 0 Å². The van der Waals surface area contributed by atoms with Crippen molar-refractivity contribution in [3.63, 3.8) is 0 Å². The number of carboxylic acid groups (broad SMARTS) is 1. The summed E-state index contributed by atoms with van der Waals surface area (Å²) in [6, 6.07) is 6.28. The Morgan fingerprint density at radius 1 is 1.47 bits per heavy atom. The summed E-state index contributed by atoms with van der Waals surface area (Å²) in [5, 5.41) is 20.9. The average molecular weight is 238 g/mol. The normalized spacial score (nSPS) is 13.8. The maximum absolute atomic E-state index is 10.9. The molecule has 0 aliphatic carbocycles. The second-order valence-corrected chi connectivity index (χ2v) is 3.88. The van der Waals surface area contributed by atoms with E-state index in [9.17, 15) is 14.7 Å². The molecule has 0 aliphatic heterocycles. The van der Waals surface area contributed by atoms with Gasteiger partial charge in [0, 0.05) is 11.3 Å². The number of nitrogens with two attached hydrogens (primary N) is 1. The molecule has 0 saturated heterocycles. The number of carbonyl (C=O) groups is 2. The SMILES string of the molecule is CC(O)(CNc1cccc(C(N)=O)c1)C(=O)O. The zero-order chi connectivity index (χ0) is 13.1. The van der Waals surface area contributed by atoms with Crippen molar-refractivity contribution in [1.29, 1.82) is 0 Å². The summed E-state index contributed by atoms with van der Waals surface area (Å²) >= 11 is 0. The standard InChI is InChI=1S/C11H14N2O4/c1-11(17,10(15)16)6-13-8-4-2-3-7(5-8)9(12)14/h2-5,13,17H,6H2,1H3,(H2,12,14)(H,15,16). The third kappa shape index (κ3) is 3.46. The quantitative estimate of drug-likeness (QED) is 0.578. The summed E-state index contributed by atoms with van der Waals surface area (Å²) < 4.78 is 0. The molecule has 0 aromatic heterocycles. The summed E-state index contributed by atoms with van der Waals surface area (Å²) in [5.74, 6) is -1.89. The number of hydrogen-bond acceptors (Lipinski definition) is 4. The molecule has 0 heterocycles. The van der Waals surface area contributed by atoms with Gasteiger partial charge in [-0.25, -0.2) is 4.79 Å². The molecule has 0 aliphatic rings. The van der Waals surface area contributed by atoms with E-state index in [1.807, 2.05) is 0 Å². The fourth-order valence-electron chi connectivity index (χ4n) is 1.13. The molecule has 1 amide bonds. The number of anilines is 1. The summed E-state index contributed by atoms with van der Waals surface area (Å²) in [7, 11) is 0. The third-order valence-corrected chi connectivity index (χ3v) is 2.24. The molecule has 1 atom stereocenters. The van der Waals surface area contributed by atoms with Gasteiger partial charge in [0.2, 0.25) is 5.91 Å². The number of aliphatic hydroxyl groups is 1. The van der Waals surface area contributed by atoms with Crippen LogP contribution in [0.1, 0.15) is 17.3 Å². The smallest absolute Gasteiger partial charge is 0.337 e. The van der Waals surface area contributed by atoms with Crippen LogP contribution in [0.4, 0.5) is 5.69 Å². The Kier molecular flexibility index (Phi) is 3.69. The lowest BCUT2D eigenvalue weighted by Gasteiger charge is -2.19. The van der Waals surface area contributed by atoms with Gasteiger partial charge < -0.3 is 21.3 Å². The number of aliphatic carboxylic acids is 1. The highest BCUT2D eigenvalue weighted by atomic mass is 16.4. The Balaban J connectivity index is 2.73. The van der Waals surface area contributed by atoms with Crippen LogP contribution in [0.3, 0.4) is 0 Å². The monoisotopic (exact) mass is 238 g/mol. The summed E-state index contributed by atoms with van der Waals surface area (Å²) in [4.78, 5) is 21.6. The van der Waals surface area contributed by atoms with Crippen molar-refractivity contribution in [2.24, 2.45) is 5.73 Å². The number of carbonyl (C=O) groups excluding carboxylic acids is 1.